The van der Waals surface area contributed by atoms with Crippen LogP contribution in [0.3, 0.4) is 0 Å². The number of hydrogen-bond acceptors (Lipinski definition) is 6. The Hall–Kier alpha value is -3.16. The van der Waals surface area contributed by atoms with Gasteiger partial charge in [-0.3, -0.25) is 14.4 Å². The third kappa shape index (κ3) is 3.05. The predicted octanol–water partition coefficient (Wildman–Crippen LogP) is 0.134. The minimum absolute atomic E-state index is 0.0933. The predicted molar refractivity (Wildman–Crippen MR) is 92.0 cm³/mol. The first-order valence-electron chi connectivity index (χ1n) is 8.21. The van der Waals surface area contributed by atoms with Gasteiger partial charge in [0, 0.05) is 25.2 Å². The van der Waals surface area contributed by atoms with E-state index in [1.807, 2.05) is 19.1 Å². The fourth-order valence-electron chi connectivity index (χ4n) is 3.18. The molecule has 0 unspecified atom stereocenters. The Morgan fingerprint density at radius 2 is 2.00 bits per heavy atom. The van der Waals surface area contributed by atoms with E-state index in [0.29, 0.717) is 18.8 Å². The number of amides is 2. The highest BCUT2D eigenvalue weighted by atomic mass is 16.5. The largest absolute Gasteiger partial charge is 0.465 e. The summed E-state index contributed by atoms with van der Waals surface area (Å²) >= 11 is 0. The summed E-state index contributed by atoms with van der Waals surface area (Å²) in [6.45, 7) is 2.50. The number of hydrogen-bond donors (Lipinski definition) is 2. The fraction of sp³-hybridized carbons (Fsp3) is 0.333. The first-order valence-corrected chi connectivity index (χ1v) is 8.21. The van der Waals surface area contributed by atoms with Gasteiger partial charge in [0.2, 0.25) is 5.91 Å². The molecule has 1 atom stereocenters. The molecule has 2 N–H and O–H groups in total. The van der Waals surface area contributed by atoms with E-state index in [1.54, 1.807) is 12.1 Å². The van der Waals surface area contributed by atoms with Gasteiger partial charge in [-0.2, -0.15) is 0 Å². The lowest BCUT2D eigenvalue weighted by Crippen LogP contribution is -2.57. The minimum atomic E-state index is -0.871. The molecule has 26 heavy (non-hydrogen) atoms. The zero-order chi connectivity index (χ0) is 18.8. The SMILES string of the molecule is COC(=O)C1=C2C(=O)NCCN2[C@@H](C(=O)Nc2ccccc2C)CC1=O. The molecule has 3 rings (SSSR count). The number of rotatable bonds is 3. The molecule has 1 aromatic rings. The highest BCUT2D eigenvalue weighted by Gasteiger charge is 2.44. The second-order valence-corrected chi connectivity index (χ2v) is 6.11. The summed E-state index contributed by atoms with van der Waals surface area (Å²) in [7, 11) is 1.14. The van der Waals surface area contributed by atoms with Crippen LogP contribution in [0, 0.1) is 6.92 Å². The van der Waals surface area contributed by atoms with Gasteiger partial charge in [-0.05, 0) is 18.6 Å². The lowest BCUT2D eigenvalue weighted by Gasteiger charge is -2.40. The number of benzene rings is 1. The minimum Gasteiger partial charge on any atom is -0.465 e. The quantitative estimate of drug-likeness (QED) is 0.589. The molecule has 0 aliphatic carbocycles. The molecule has 1 aromatic carbocycles. The van der Waals surface area contributed by atoms with Crippen LogP contribution in [0.1, 0.15) is 12.0 Å². The lowest BCUT2D eigenvalue weighted by molar-refractivity contribution is -0.141. The van der Waals surface area contributed by atoms with Crippen LogP contribution in [-0.2, 0) is 23.9 Å². The maximum atomic E-state index is 12.8. The third-order valence-corrected chi connectivity index (χ3v) is 4.51. The summed E-state index contributed by atoms with van der Waals surface area (Å²) in [5.41, 5.74) is 1.12. The molecule has 2 aliphatic rings. The Morgan fingerprint density at radius 3 is 2.69 bits per heavy atom. The van der Waals surface area contributed by atoms with E-state index in [-0.39, 0.29) is 17.7 Å². The second-order valence-electron chi connectivity index (χ2n) is 6.11. The number of esters is 1. The smallest absolute Gasteiger partial charge is 0.343 e. The van der Waals surface area contributed by atoms with Gasteiger partial charge in [0.25, 0.3) is 5.91 Å². The zero-order valence-electron chi connectivity index (χ0n) is 14.5. The van der Waals surface area contributed by atoms with Gasteiger partial charge >= 0.3 is 5.97 Å². The van der Waals surface area contributed by atoms with Crippen molar-refractivity contribution in [3.63, 3.8) is 0 Å². The highest BCUT2D eigenvalue weighted by Crippen LogP contribution is 2.28. The maximum absolute atomic E-state index is 12.8. The summed E-state index contributed by atoms with van der Waals surface area (Å²) in [4.78, 5) is 51.1. The Morgan fingerprint density at radius 1 is 1.27 bits per heavy atom. The molecule has 8 nitrogen and oxygen atoms in total. The summed E-state index contributed by atoms with van der Waals surface area (Å²) < 4.78 is 4.64. The van der Waals surface area contributed by atoms with E-state index in [1.165, 1.54) is 4.90 Å². The number of anilines is 1. The molecule has 8 heteroatoms. The van der Waals surface area contributed by atoms with Crippen LogP contribution in [0.25, 0.3) is 0 Å². The number of para-hydroxylation sites is 1. The molecule has 2 heterocycles. The van der Waals surface area contributed by atoms with Crippen molar-refractivity contribution < 1.29 is 23.9 Å². The summed E-state index contributed by atoms with van der Waals surface area (Å²) in [5.74, 6) is -2.41. The molecule has 0 aromatic heterocycles. The van der Waals surface area contributed by atoms with Crippen molar-refractivity contribution in [3.8, 4) is 0 Å². The van der Waals surface area contributed by atoms with Crippen molar-refractivity contribution >= 4 is 29.3 Å². The maximum Gasteiger partial charge on any atom is 0.343 e. The van der Waals surface area contributed by atoms with Crippen LogP contribution in [0.5, 0.6) is 0 Å². The summed E-state index contributed by atoms with van der Waals surface area (Å²) in [6, 6.07) is 6.40. The van der Waals surface area contributed by atoms with Crippen molar-refractivity contribution in [2.45, 2.75) is 19.4 Å². The standard InChI is InChI=1S/C18H19N3O5/c1-10-5-3-4-6-11(10)20-16(23)12-9-13(22)14(18(25)26-2)15-17(24)19-7-8-21(12)15/h3-6,12H,7-9H2,1-2H3,(H,19,24)(H,20,23)/t12-/m1/s1. The number of Topliss-reactive ketones (excluding diaryl/α,β-unsaturated/α-hetero) is 1. The number of nitrogens with one attached hydrogen (secondary N) is 2. The van der Waals surface area contributed by atoms with E-state index in [0.717, 1.165) is 12.7 Å². The Labute approximate surface area is 150 Å². The Bertz CT molecular complexity index is 830. The average molecular weight is 357 g/mol. The number of methoxy groups -OCH3 is 1. The number of carbonyl (C=O) groups excluding carboxylic acids is 4. The number of fused-ring (bicyclic) bond motifs is 1. The van der Waals surface area contributed by atoms with Gasteiger partial charge in [-0.1, -0.05) is 18.2 Å². The molecule has 0 bridgehead atoms. The lowest BCUT2D eigenvalue weighted by atomic mass is 9.92. The van der Waals surface area contributed by atoms with Crippen LogP contribution in [-0.4, -0.2) is 54.7 Å². The second kappa shape index (κ2) is 6.99. The molecule has 2 amide bonds. The van der Waals surface area contributed by atoms with Gasteiger partial charge in [-0.25, -0.2) is 4.79 Å². The Balaban J connectivity index is 1.95. The van der Waals surface area contributed by atoms with Gasteiger partial charge in [0.1, 0.15) is 17.3 Å². The van der Waals surface area contributed by atoms with Gasteiger partial charge in [0.15, 0.2) is 5.78 Å². The Kier molecular flexibility index (Phi) is 4.75. The topological polar surface area (TPSA) is 105 Å². The van der Waals surface area contributed by atoms with Crippen LogP contribution in [0.4, 0.5) is 5.69 Å². The van der Waals surface area contributed by atoms with Crippen LogP contribution >= 0.6 is 0 Å². The molecule has 1 saturated heterocycles. The first kappa shape index (κ1) is 17.7. The van der Waals surface area contributed by atoms with Crippen molar-refractivity contribution in [3.05, 3.63) is 41.1 Å². The molecular weight excluding hydrogens is 338 g/mol. The average Bonchev–Trinajstić information content (AvgIpc) is 2.63. The summed E-state index contributed by atoms with van der Waals surface area (Å²) in [6.07, 6.45) is -0.196. The fourth-order valence-corrected chi connectivity index (χ4v) is 3.18. The molecule has 0 saturated carbocycles. The zero-order valence-corrected chi connectivity index (χ0v) is 14.5. The van der Waals surface area contributed by atoms with E-state index < -0.39 is 29.6 Å². The summed E-state index contributed by atoms with van der Waals surface area (Å²) in [5, 5.41) is 5.40. The first-order chi connectivity index (χ1) is 12.4. The number of aryl methyl sites for hydroxylation is 1. The number of ether oxygens (including phenoxy) is 1. The number of nitrogens with zero attached hydrogens (tertiary/aromatic N) is 1. The van der Waals surface area contributed by atoms with Crippen molar-refractivity contribution in [2.24, 2.45) is 0 Å². The van der Waals surface area contributed by atoms with E-state index in [4.69, 9.17) is 0 Å². The van der Waals surface area contributed by atoms with Crippen LogP contribution in [0.2, 0.25) is 0 Å². The normalized spacial score (nSPS) is 19.6. The van der Waals surface area contributed by atoms with E-state index in [9.17, 15) is 19.2 Å². The van der Waals surface area contributed by atoms with Gasteiger partial charge < -0.3 is 20.3 Å². The molecule has 2 aliphatic heterocycles. The van der Waals surface area contributed by atoms with Gasteiger partial charge in [-0.15, -0.1) is 0 Å². The van der Waals surface area contributed by atoms with Crippen LogP contribution in [0.15, 0.2) is 35.5 Å². The number of carbonyl (C=O) groups is 4. The molecule has 0 spiro atoms. The molecule has 0 radical (unpaired) electrons. The van der Waals surface area contributed by atoms with Crippen molar-refractivity contribution in [1.29, 1.82) is 0 Å². The monoisotopic (exact) mass is 357 g/mol. The van der Waals surface area contributed by atoms with Crippen molar-refractivity contribution in [2.75, 3.05) is 25.5 Å². The molecule has 1 fully saturated rings. The van der Waals surface area contributed by atoms with E-state index in [2.05, 4.69) is 15.4 Å². The van der Waals surface area contributed by atoms with Crippen molar-refractivity contribution in [1.82, 2.24) is 10.2 Å². The van der Waals surface area contributed by atoms with Gasteiger partial charge in [0.05, 0.1) is 7.11 Å². The highest BCUT2D eigenvalue weighted by molar-refractivity contribution is 6.24. The molecular formula is C18H19N3O5. The molecule has 136 valence electrons. The third-order valence-electron chi connectivity index (χ3n) is 4.51. The number of ketones is 1. The number of piperazine rings is 1. The van der Waals surface area contributed by atoms with E-state index >= 15 is 0 Å². The van der Waals surface area contributed by atoms with Crippen LogP contribution < -0.4 is 10.6 Å².